The van der Waals surface area contributed by atoms with Crippen LogP contribution in [0.1, 0.15) is 28.1 Å². The molecule has 0 atom stereocenters. The summed E-state index contributed by atoms with van der Waals surface area (Å²) in [7, 11) is 1.89. The van der Waals surface area contributed by atoms with Gasteiger partial charge in [0, 0.05) is 36.9 Å². The summed E-state index contributed by atoms with van der Waals surface area (Å²) in [5, 5.41) is 10.4. The van der Waals surface area contributed by atoms with Gasteiger partial charge in [0.1, 0.15) is 11.4 Å². The lowest BCUT2D eigenvalue weighted by atomic mass is 9.99. The number of furan rings is 1. The van der Waals surface area contributed by atoms with E-state index in [1.807, 2.05) is 31.7 Å². The monoisotopic (exact) mass is 355 g/mol. The van der Waals surface area contributed by atoms with E-state index in [2.05, 4.69) is 18.0 Å². The fourth-order valence-corrected chi connectivity index (χ4v) is 3.32. The maximum atomic E-state index is 12.9. The number of fused-ring (bicyclic) bond motifs is 1. The third-order valence-electron chi connectivity index (χ3n) is 4.94. The Labute approximate surface area is 153 Å². The number of amides is 1. The van der Waals surface area contributed by atoms with Gasteiger partial charge in [0.15, 0.2) is 0 Å². The number of imidazole rings is 1. The molecule has 0 aliphatic carbocycles. The average Bonchev–Trinajstić information content (AvgIpc) is 3.19. The Morgan fingerprint density at radius 1 is 1.31 bits per heavy atom. The predicted molar refractivity (Wildman–Crippen MR) is 99.8 cm³/mol. The van der Waals surface area contributed by atoms with Crippen LogP contribution in [0.25, 0.3) is 11.0 Å². The highest BCUT2D eigenvalue weighted by molar-refractivity contribution is 5.91. The van der Waals surface area contributed by atoms with Crippen LogP contribution in [0.3, 0.4) is 0 Å². The van der Waals surface area contributed by atoms with Crippen molar-refractivity contribution in [1.29, 1.82) is 0 Å². The largest absolute Gasteiger partial charge is 0.464 e. The van der Waals surface area contributed by atoms with Gasteiger partial charge in [-0.05, 0) is 37.5 Å². The second-order valence-electron chi connectivity index (χ2n) is 6.77. The lowest BCUT2D eigenvalue weighted by molar-refractivity contribution is -0.131. The summed E-state index contributed by atoms with van der Waals surface area (Å²) in [5.41, 5.74) is 5.12. The molecular weight excluding hydrogens is 330 g/mol. The van der Waals surface area contributed by atoms with Crippen molar-refractivity contribution in [3.05, 3.63) is 52.8 Å². The Morgan fingerprint density at radius 3 is 2.73 bits per heavy atom. The molecule has 3 aromatic rings. The van der Waals surface area contributed by atoms with Crippen LogP contribution in [0.5, 0.6) is 0 Å². The number of carbonyl (C=O) groups is 1. The molecule has 1 amide bonds. The first kappa shape index (κ1) is 18.2. The quantitative estimate of drug-likeness (QED) is 0.738. The Balaban J connectivity index is 1.87. The molecule has 6 nitrogen and oxygen atoms in total. The predicted octanol–water partition coefficient (Wildman–Crippen LogP) is 2.66. The summed E-state index contributed by atoms with van der Waals surface area (Å²) in [5.74, 6) is 0.730. The van der Waals surface area contributed by atoms with E-state index in [4.69, 9.17) is 4.42 Å². The first-order valence-corrected chi connectivity index (χ1v) is 8.74. The van der Waals surface area contributed by atoms with Gasteiger partial charge in [0.25, 0.3) is 0 Å². The van der Waals surface area contributed by atoms with Gasteiger partial charge in [-0.3, -0.25) is 4.79 Å². The van der Waals surface area contributed by atoms with Gasteiger partial charge in [-0.15, -0.1) is 0 Å². The van der Waals surface area contributed by atoms with E-state index in [9.17, 15) is 9.90 Å². The molecule has 6 heteroatoms. The zero-order valence-corrected chi connectivity index (χ0v) is 15.7. The van der Waals surface area contributed by atoms with Crippen LogP contribution in [-0.4, -0.2) is 38.6 Å². The number of rotatable bonds is 6. The van der Waals surface area contributed by atoms with Crippen molar-refractivity contribution in [1.82, 2.24) is 14.5 Å². The van der Waals surface area contributed by atoms with Crippen molar-refractivity contribution in [2.24, 2.45) is 7.05 Å². The lowest BCUT2D eigenvalue weighted by Crippen LogP contribution is -2.35. The maximum Gasteiger partial charge on any atom is 0.227 e. The van der Waals surface area contributed by atoms with Crippen LogP contribution in [-0.2, 0) is 24.8 Å². The summed E-state index contributed by atoms with van der Waals surface area (Å²) in [6.45, 7) is 6.70. The second-order valence-corrected chi connectivity index (χ2v) is 6.77. The standard InChI is InChI=1S/C20H25N3O3/c1-13-9-14(2)19-16(12-26-20(19)15(13)3)10-18(25)23(7-8-24)11-17-21-5-6-22(17)4/h5-6,9,12,24H,7-8,10-11H2,1-4H3. The first-order valence-electron chi connectivity index (χ1n) is 8.74. The van der Waals surface area contributed by atoms with E-state index in [1.54, 1.807) is 17.4 Å². The summed E-state index contributed by atoms with van der Waals surface area (Å²) in [4.78, 5) is 18.8. The second kappa shape index (κ2) is 7.33. The minimum atomic E-state index is -0.0837. The molecule has 0 unspecified atom stereocenters. The van der Waals surface area contributed by atoms with E-state index < -0.39 is 0 Å². The highest BCUT2D eigenvalue weighted by atomic mass is 16.3. The number of aryl methyl sites for hydroxylation is 4. The topological polar surface area (TPSA) is 71.5 Å². The minimum Gasteiger partial charge on any atom is -0.464 e. The Hall–Kier alpha value is -2.60. The minimum absolute atomic E-state index is 0.0534. The molecule has 26 heavy (non-hydrogen) atoms. The van der Waals surface area contributed by atoms with Crippen LogP contribution in [0.15, 0.2) is 29.1 Å². The summed E-state index contributed by atoms with van der Waals surface area (Å²) < 4.78 is 7.65. The van der Waals surface area contributed by atoms with Crippen molar-refractivity contribution >= 4 is 16.9 Å². The van der Waals surface area contributed by atoms with Crippen molar-refractivity contribution in [3.8, 4) is 0 Å². The van der Waals surface area contributed by atoms with Gasteiger partial charge < -0.3 is 19.0 Å². The highest BCUT2D eigenvalue weighted by Gasteiger charge is 2.20. The van der Waals surface area contributed by atoms with Crippen LogP contribution in [0.2, 0.25) is 0 Å². The number of aliphatic hydroxyl groups excluding tert-OH is 1. The van der Waals surface area contributed by atoms with Crippen molar-refractivity contribution in [3.63, 3.8) is 0 Å². The smallest absolute Gasteiger partial charge is 0.227 e. The zero-order valence-electron chi connectivity index (χ0n) is 15.7. The summed E-state index contributed by atoms with van der Waals surface area (Å²) >= 11 is 0. The number of nitrogens with zero attached hydrogens (tertiary/aromatic N) is 3. The molecule has 138 valence electrons. The van der Waals surface area contributed by atoms with Crippen molar-refractivity contribution in [2.75, 3.05) is 13.2 Å². The molecule has 0 aliphatic rings. The molecule has 0 spiro atoms. The summed E-state index contributed by atoms with van der Waals surface area (Å²) in [6, 6.07) is 2.13. The number of aromatic nitrogens is 2. The fourth-order valence-electron chi connectivity index (χ4n) is 3.32. The third kappa shape index (κ3) is 3.37. The van der Waals surface area contributed by atoms with Crippen molar-refractivity contribution < 1.29 is 14.3 Å². The molecule has 2 heterocycles. The van der Waals surface area contributed by atoms with Gasteiger partial charge in [0.05, 0.1) is 25.8 Å². The third-order valence-corrected chi connectivity index (χ3v) is 4.94. The number of benzene rings is 1. The number of hydrogen-bond acceptors (Lipinski definition) is 4. The lowest BCUT2D eigenvalue weighted by Gasteiger charge is -2.21. The molecule has 0 saturated carbocycles. The Bertz CT molecular complexity index is 939. The fraction of sp³-hybridized carbons (Fsp3) is 0.400. The zero-order chi connectivity index (χ0) is 18.8. The molecule has 0 saturated heterocycles. The van der Waals surface area contributed by atoms with Crippen LogP contribution >= 0.6 is 0 Å². The van der Waals surface area contributed by atoms with Gasteiger partial charge >= 0.3 is 0 Å². The number of aliphatic hydroxyl groups is 1. The Morgan fingerprint density at radius 2 is 2.08 bits per heavy atom. The average molecular weight is 355 g/mol. The van der Waals surface area contributed by atoms with Crippen molar-refractivity contribution in [2.45, 2.75) is 33.7 Å². The molecular formula is C20H25N3O3. The maximum absolute atomic E-state index is 12.9. The van der Waals surface area contributed by atoms with E-state index in [0.29, 0.717) is 6.54 Å². The number of hydrogen-bond donors (Lipinski definition) is 1. The van der Waals surface area contributed by atoms with Crippen LogP contribution in [0.4, 0.5) is 0 Å². The van der Waals surface area contributed by atoms with E-state index in [-0.39, 0.29) is 25.5 Å². The normalized spacial score (nSPS) is 11.3. The Kier molecular flexibility index (Phi) is 5.13. The van der Waals surface area contributed by atoms with Crippen LogP contribution < -0.4 is 0 Å². The van der Waals surface area contributed by atoms with E-state index >= 15 is 0 Å². The molecule has 1 N–H and O–H groups in total. The van der Waals surface area contributed by atoms with Gasteiger partial charge in [-0.1, -0.05) is 6.07 Å². The van der Waals surface area contributed by atoms with E-state index in [1.165, 1.54) is 5.56 Å². The van der Waals surface area contributed by atoms with Gasteiger partial charge in [-0.25, -0.2) is 4.98 Å². The number of carbonyl (C=O) groups excluding carboxylic acids is 1. The molecule has 2 aromatic heterocycles. The van der Waals surface area contributed by atoms with Crippen LogP contribution in [0, 0.1) is 20.8 Å². The molecule has 0 bridgehead atoms. The van der Waals surface area contributed by atoms with Gasteiger partial charge in [0.2, 0.25) is 5.91 Å². The molecule has 1 aromatic carbocycles. The van der Waals surface area contributed by atoms with E-state index in [0.717, 1.165) is 33.5 Å². The highest BCUT2D eigenvalue weighted by Crippen LogP contribution is 2.30. The molecule has 0 aliphatic heterocycles. The molecule has 0 fully saturated rings. The first-order chi connectivity index (χ1) is 12.4. The molecule has 3 rings (SSSR count). The van der Waals surface area contributed by atoms with Gasteiger partial charge in [-0.2, -0.15) is 0 Å². The SMILES string of the molecule is Cc1cc(C)c2c(CC(=O)N(CCO)Cc3nccn3C)coc2c1C. The molecule has 0 radical (unpaired) electrons. The summed E-state index contributed by atoms with van der Waals surface area (Å²) in [6.07, 6.45) is 5.46.